The number of carbonyl (C=O) groups is 1. The van der Waals surface area contributed by atoms with Crippen LogP contribution in [0, 0.1) is 6.92 Å². The van der Waals surface area contributed by atoms with E-state index < -0.39 is 10.0 Å². The van der Waals surface area contributed by atoms with Crippen molar-refractivity contribution in [3.8, 4) is 0 Å². The second kappa shape index (κ2) is 12.5. The van der Waals surface area contributed by atoms with Gasteiger partial charge in [0, 0.05) is 10.6 Å². The number of hydrogen-bond acceptors (Lipinski definition) is 3. The minimum absolute atomic E-state index is 0.0771. The lowest BCUT2D eigenvalue weighted by molar-refractivity contribution is 0.0935. The van der Waals surface area contributed by atoms with Gasteiger partial charge in [-0.1, -0.05) is 73.1 Å². The smallest absolute Gasteiger partial charge is 0.264 e. The van der Waals surface area contributed by atoms with Crippen molar-refractivity contribution in [1.82, 2.24) is 5.32 Å². The van der Waals surface area contributed by atoms with Gasteiger partial charge in [-0.05, 0) is 103 Å². The van der Waals surface area contributed by atoms with E-state index in [4.69, 9.17) is 11.6 Å². The highest BCUT2D eigenvalue weighted by Crippen LogP contribution is 2.31. The van der Waals surface area contributed by atoms with E-state index in [-0.39, 0.29) is 23.4 Å². The van der Waals surface area contributed by atoms with Crippen LogP contribution < -0.4 is 9.62 Å². The quantitative estimate of drug-likeness (QED) is 0.217. The Morgan fingerprint density at radius 3 is 2.32 bits per heavy atom. The van der Waals surface area contributed by atoms with Crippen LogP contribution in [0.1, 0.15) is 70.4 Å². The zero-order valence-corrected chi connectivity index (χ0v) is 25.0. The molecule has 0 aliphatic heterocycles. The van der Waals surface area contributed by atoms with Crippen LogP contribution in [0.25, 0.3) is 0 Å². The van der Waals surface area contributed by atoms with Crippen molar-refractivity contribution in [2.45, 2.75) is 63.4 Å². The molecule has 41 heavy (non-hydrogen) atoms. The number of halogens is 1. The first-order valence-corrected chi connectivity index (χ1v) is 15.9. The zero-order chi connectivity index (χ0) is 29.0. The lowest BCUT2D eigenvalue weighted by Gasteiger charge is -2.26. The van der Waals surface area contributed by atoms with Gasteiger partial charge in [0.1, 0.15) is 0 Å². The van der Waals surface area contributed by atoms with Gasteiger partial charge in [-0.15, -0.1) is 0 Å². The standard InChI is InChI=1S/C34H35ClN2O3S/c1-3-32(29-19-18-26-9-7-8-10-28(26)21-29)36-34(38)27-16-14-25(15-17-27)23-37(33-22-30(35)20-13-24(33)2)41(39,40)31-11-5-4-6-12-31/h4-6,11-22,32H,3,7-10,23H2,1-2H3,(H,36,38)/t32-/m0/s1. The van der Waals surface area contributed by atoms with Gasteiger partial charge < -0.3 is 5.32 Å². The van der Waals surface area contributed by atoms with Gasteiger partial charge in [-0.2, -0.15) is 0 Å². The molecule has 0 heterocycles. The number of sulfonamides is 1. The third-order valence-electron chi connectivity index (χ3n) is 7.80. The molecule has 0 bridgehead atoms. The number of anilines is 1. The number of nitrogens with one attached hydrogen (secondary N) is 1. The zero-order valence-electron chi connectivity index (χ0n) is 23.4. The molecule has 212 valence electrons. The van der Waals surface area contributed by atoms with E-state index in [2.05, 4.69) is 30.4 Å². The molecular formula is C34H35ClN2O3S. The molecule has 4 aromatic carbocycles. The van der Waals surface area contributed by atoms with Crippen LogP contribution in [0.4, 0.5) is 5.69 Å². The summed E-state index contributed by atoms with van der Waals surface area (Å²) in [7, 11) is -3.88. The van der Waals surface area contributed by atoms with Crippen LogP contribution in [-0.2, 0) is 29.4 Å². The number of rotatable bonds is 9. The van der Waals surface area contributed by atoms with E-state index in [1.807, 2.05) is 25.1 Å². The molecule has 4 aromatic rings. The highest BCUT2D eigenvalue weighted by molar-refractivity contribution is 7.92. The molecule has 7 heteroatoms. The van der Waals surface area contributed by atoms with E-state index in [1.165, 1.54) is 28.3 Å². The lowest BCUT2D eigenvalue weighted by Crippen LogP contribution is -2.31. The molecule has 0 saturated heterocycles. The molecule has 0 aromatic heterocycles. The van der Waals surface area contributed by atoms with Crippen LogP contribution in [0.5, 0.6) is 0 Å². The second-order valence-corrected chi connectivity index (χ2v) is 12.9. The Hall–Kier alpha value is -3.61. The molecule has 0 unspecified atom stereocenters. The fourth-order valence-corrected chi connectivity index (χ4v) is 7.13. The Kier molecular flexibility index (Phi) is 8.81. The monoisotopic (exact) mass is 586 g/mol. The lowest BCUT2D eigenvalue weighted by atomic mass is 9.88. The molecule has 0 spiro atoms. The number of fused-ring (bicyclic) bond motifs is 1. The molecule has 1 N–H and O–H groups in total. The molecule has 0 saturated carbocycles. The van der Waals surface area contributed by atoms with Crippen molar-refractivity contribution in [3.05, 3.63) is 129 Å². The topological polar surface area (TPSA) is 66.5 Å². The largest absolute Gasteiger partial charge is 0.345 e. The predicted molar refractivity (Wildman–Crippen MR) is 166 cm³/mol. The maximum absolute atomic E-state index is 13.8. The third-order valence-corrected chi connectivity index (χ3v) is 9.81. The summed E-state index contributed by atoms with van der Waals surface area (Å²) < 4.78 is 28.9. The molecule has 1 atom stereocenters. The van der Waals surface area contributed by atoms with Crippen molar-refractivity contribution in [3.63, 3.8) is 0 Å². The first-order valence-electron chi connectivity index (χ1n) is 14.1. The van der Waals surface area contributed by atoms with Crippen molar-refractivity contribution in [1.29, 1.82) is 0 Å². The van der Waals surface area contributed by atoms with Crippen LogP contribution in [-0.4, -0.2) is 14.3 Å². The third kappa shape index (κ3) is 6.50. The molecular weight excluding hydrogens is 552 g/mol. The van der Waals surface area contributed by atoms with Gasteiger partial charge in [0.2, 0.25) is 0 Å². The summed E-state index contributed by atoms with van der Waals surface area (Å²) in [5.41, 5.74) is 6.54. The number of benzene rings is 4. The Morgan fingerprint density at radius 2 is 1.61 bits per heavy atom. The van der Waals surface area contributed by atoms with Crippen molar-refractivity contribution < 1.29 is 13.2 Å². The molecule has 1 aliphatic carbocycles. The van der Waals surface area contributed by atoms with Gasteiger partial charge >= 0.3 is 0 Å². The molecule has 0 radical (unpaired) electrons. The minimum Gasteiger partial charge on any atom is -0.345 e. The summed E-state index contributed by atoms with van der Waals surface area (Å²) in [6.07, 6.45) is 5.47. The van der Waals surface area contributed by atoms with E-state index in [1.54, 1.807) is 54.6 Å². The summed E-state index contributed by atoms with van der Waals surface area (Å²) in [5, 5.41) is 3.65. The summed E-state index contributed by atoms with van der Waals surface area (Å²) in [5.74, 6) is -0.152. The summed E-state index contributed by atoms with van der Waals surface area (Å²) in [4.78, 5) is 13.4. The number of nitrogens with zero attached hydrogens (tertiary/aromatic N) is 1. The highest BCUT2D eigenvalue weighted by Gasteiger charge is 2.27. The normalized spacial score (nSPS) is 13.7. The fourth-order valence-electron chi connectivity index (χ4n) is 5.43. The Labute approximate surface area is 248 Å². The Morgan fingerprint density at radius 1 is 0.902 bits per heavy atom. The Balaban J connectivity index is 1.37. The van der Waals surface area contributed by atoms with E-state index in [0.717, 1.165) is 36.0 Å². The fraction of sp³-hybridized carbons (Fsp3) is 0.265. The van der Waals surface area contributed by atoms with Crippen molar-refractivity contribution in [2.75, 3.05) is 4.31 Å². The van der Waals surface area contributed by atoms with Crippen LogP contribution in [0.2, 0.25) is 5.02 Å². The molecule has 0 fully saturated rings. The molecule has 1 amide bonds. The summed E-state index contributed by atoms with van der Waals surface area (Å²) in [6, 6.07) is 27.2. The van der Waals surface area contributed by atoms with Crippen LogP contribution >= 0.6 is 11.6 Å². The second-order valence-electron chi connectivity index (χ2n) is 10.6. The molecule has 5 rings (SSSR count). The van der Waals surface area contributed by atoms with Crippen LogP contribution in [0.3, 0.4) is 0 Å². The highest BCUT2D eigenvalue weighted by atomic mass is 35.5. The predicted octanol–water partition coefficient (Wildman–Crippen LogP) is 7.80. The van der Waals surface area contributed by atoms with Gasteiger partial charge in [0.15, 0.2) is 0 Å². The van der Waals surface area contributed by atoms with Gasteiger partial charge in [0.05, 0.1) is 23.2 Å². The van der Waals surface area contributed by atoms with Crippen LogP contribution in [0.15, 0.2) is 95.9 Å². The SMILES string of the molecule is CC[C@H](NC(=O)c1ccc(CN(c2cc(Cl)ccc2C)S(=O)(=O)c2ccccc2)cc1)c1ccc2c(c1)CCCC2. The number of carbonyl (C=O) groups excluding carboxylic acids is 1. The first-order chi connectivity index (χ1) is 19.8. The summed E-state index contributed by atoms with van der Waals surface area (Å²) in [6.45, 7) is 4.03. The number of hydrogen-bond donors (Lipinski definition) is 1. The maximum Gasteiger partial charge on any atom is 0.264 e. The van der Waals surface area contributed by atoms with Crippen molar-refractivity contribution in [2.24, 2.45) is 0 Å². The number of aryl methyl sites for hydroxylation is 3. The molecule has 1 aliphatic rings. The van der Waals surface area contributed by atoms with Gasteiger partial charge in [-0.3, -0.25) is 9.10 Å². The van der Waals surface area contributed by atoms with E-state index >= 15 is 0 Å². The minimum atomic E-state index is -3.88. The van der Waals surface area contributed by atoms with E-state index in [0.29, 0.717) is 16.3 Å². The summed E-state index contributed by atoms with van der Waals surface area (Å²) >= 11 is 6.28. The number of amides is 1. The Bertz CT molecular complexity index is 1640. The molecule has 5 nitrogen and oxygen atoms in total. The van der Waals surface area contributed by atoms with Gasteiger partial charge in [0.25, 0.3) is 15.9 Å². The average Bonchev–Trinajstić information content (AvgIpc) is 3.00. The average molecular weight is 587 g/mol. The maximum atomic E-state index is 13.8. The first kappa shape index (κ1) is 28.9. The van der Waals surface area contributed by atoms with Crippen molar-refractivity contribution >= 4 is 33.2 Å². The van der Waals surface area contributed by atoms with Gasteiger partial charge in [-0.25, -0.2) is 8.42 Å². The van der Waals surface area contributed by atoms with E-state index in [9.17, 15) is 13.2 Å².